The summed E-state index contributed by atoms with van der Waals surface area (Å²) in [6.45, 7) is 11.8. The average molecular weight is 760 g/mol. The van der Waals surface area contributed by atoms with E-state index in [9.17, 15) is 4.79 Å². The molecule has 1 aromatic heterocycles. The number of rotatable bonds is 5. The first-order chi connectivity index (χ1) is 17.8. The topological polar surface area (TPSA) is 50.2 Å². The van der Waals surface area contributed by atoms with Gasteiger partial charge >= 0.3 is 184 Å². The van der Waals surface area contributed by atoms with Crippen LogP contribution >= 0.6 is 0 Å². The second-order valence-electron chi connectivity index (χ2n) is 11.4. The van der Waals surface area contributed by atoms with Crippen molar-refractivity contribution in [3.05, 3.63) is 95.4 Å². The van der Waals surface area contributed by atoms with E-state index < -0.39 is 13.3 Å². The van der Waals surface area contributed by atoms with Crippen LogP contribution in [0.3, 0.4) is 0 Å². The van der Waals surface area contributed by atoms with Gasteiger partial charge in [0.1, 0.15) is 0 Å². The zero-order valence-electron chi connectivity index (χ0n) is 24.6. The van der Waals surface area contributed by atoms with Crippen LogP contribution in [-0.4, -0.2) is 29.1 Å². The monoisotopic (exact) mass is 761 g/mol. The molecule has 0 aliphatic carbocycles. The average Bonchev–Trinajstić information content (AvgIpc) is 2.82. The summed E-state index contributed by atoms with van der Waals surface area (Å²) in [6.07, 6.45) is 3.18. The smallest absolute Gasteiger partial charge is 0 e. The number of aryl methyl sites for hydroxylation is 2. The molecule has 0 aliphatic rings. The van der Waals surface area contributed by atoms with Crippen molar-refractivity contribution < 1.29 is 30.0 Å². The van der Waals surface area contributed by atoms with Gasteiger partial charge in [-0.2, -0.15) is 0 Å². The van der Waals surface area contributed by atoms with Crippen molar-refractivity contribution in [3.8, 4) is 22.4 Å². The van der Waals surface area contributed by atoms with Crippen LogP contribution in [0.5, 0.6) is 0 Å². The van der Waals surface area contributed by atoms with Gasteiger partial charge in [0.2, 0.25) is 0 Å². The number of carbonyl (C=O) groups excluding carboxylic acids is 1. The molecule has 0 amide bonds. The van der Waals surface area contributed by atoms with Crippen LogP contribution in [0.4, 0.5) is 0 Å². The fourth-order valence-electron chi connectivity index (χ4n) is 4.56. The molecule has 3 nitrogen and oxygen atoms in total. The maximum Gasteiger partial charge on any atom is 0 e. The minimum Gasteiger partial charge on any atom is 0 e. The van der Waals surface area contributed by atoms with E-state index in [1.807, 2.05) is 6.20 Å². The fraction of sp³-hybridized carbons (Fsp3) is 0.294. The molecule has 0 aliphatic heterocycles. The maximum absolute atomic E-state index is 10.0. The van der Waals surface area contributed by atoms with Crippen LogP contribution in [-0.2, 0) is 24.9 Å². The number of aliphatic hydroxyl groups excluding tert-OH is 1. The van der Waals surface area contributed by atoms with Gasteiger partial charge in [0.25, 0.3) is 0 Å². The molecular weight excluding hydrogens is 719 g/mol. The van der Waals surface area contributed by atoms with E-state index in [0.717, 1.165) is 16.6 Å². The molecule has 1 N–H and O–H groups in total. The third kappa shape index (κ3) is 8.48. The zero-order valence-corrected chi connectivity index (χ0v) is 29.1. The first-order valence-corrected chi connectivity index (χ1v) is 20.5. The maximum atomic E-state index is 10.0. The van der Waals surface area contributed by atoms with E-state index in [1.165, 1.54) is 53.1 Å². The molecule has 1 heterocycles. The Bertz CT molecular complexity index is 1500. The molecule has 39 heavy (non-hydrogen) atoms. The van der Waals surface area contributed by atoms with Gasteiger partial charge in [-0.15, -0.1) is 0 Å². The van der Waals surface area contributed by atoms with Crippen molar-refractivity contribution in [3.63, 3.8) is 0 Å². The summed E-state index contributed by atoms with van der Waals surface area (Å²) in [6, 6.07) is 23.8. The second kappa shape index (κ2) is 13.7. The Morgan fingerprint density at radius 2 is 1.62 bits per heavy atom. The van der Waals surface area contributed by atoms with E-state index in [-0.39, 0.29) is 31.6 Å². The normalized spacial score (nSPS) is 11.6. The van der Waals surface area contributed by atoms with Gasteiger partial charge in [0, 0.05) is 26.2 Å². The van der Waals surface area contributed by atoms with Crippen molar-refractivity contribution in [2.75, 3.05) is 0 Å². The minimum absolute atomic E-state index is 0. The van der Waals surface area contributed by atoms with Crippen LogP contribution in [0.2, 0.25) is 17.3 Å². The first kappa shape index (κ1) is 32.7. The molecule has 0 bridgehead atoms. The molecule has 0 atom stereocenters. The van der Waals surface area contributed by atoms with E-state index in [4.69, 9.17) is 10.1 Å². The summed E-state index contributed by atoms with van der Waals surface area (Å²) in [7, 11) is 0. The summed E-state index contributed by atoms with van der Waals surface area (Å²) >= 11 is -1.84. The molecular formula is C34H40GeIrNO2-. The van der Waals surface area contributed by atoms with Crippen molar-refractivity contribution in [1.29, 1.82) is 0 Å². The summed E-state index contributed by atoms with van der Waals surface area (Å²) < 4.78 is 1.55. The quantitative estimate of drug-likeness (QED) is 0.0960. The van der Waals surface area contributed by atoms with Gasteiger partial charge < -0.3 is 5.11 Å². The third-order valence-electron chi connectivity index (χ3n) is 6.60. The SMILES string of the molecule is CC(=O)/C=C(/C)O.Cc1c[c]([Ge]([CH3])([CH3])[CH3])ccc1-c1cc(-c2[c-]c3ccccc3c(C(C)C)c2)ncc1C.[Ir]. The Morgan fingerprint density at radius 3 is 2.15 bits per heavy atom. The van der Waals surface area contributed by atoms with Crippen molar-refractivity contribution in [2.24, 2.45) is 0 Å². The standard InChI is InChI=1S/C29H32GeN.C5H8O2.Ir/c1-19(2)27-16-23(15-22-10-8-9-11-26(22)27)29-17-28(21(4)18-31-29)25-13-12-24(14-20(25)3)30(5,6)7;1-4(6)3-5(2)7;/h8-14,16-19H,1-7H3;3,6H,1-2H3;/q-1;;/b;4-3-;. The van der Waals surface area contributed by atoms with Crippen LogP contribution in [0.1, 0.15) is 50.3 Å². The molecule has 0 spiro atoms. The molecule has 1 radical (unpaired) electrons. The van der Waals surface area contributed by atoms with Gasteiger partial charge in [0.05, 0.1) is 5.76 Å². The molecule has 0 fully saturated rings. The largest absolute Gasteiger partial charge is 0 e. The van der Waals surface area contributed by atoms with Gasteiger partial charge in [-0.05, 0) is 13.8 Å². The summed E-state index contributed by atoms with van der Waals surface area (Å²) in [5, 5.41) is 10.8. The number of ketones is 1. The molecule has 207 valence electrons. The van der Waals surface area contributed by atoms with E-state index in [2.05, 4.69) is 106 Å². The first-order valence-electron chi connectivity index (χ1n) is 13.2. The number of carbonyl (C=O) groups is 1. The number of fused-ring (bicyclic) bond motifs is 1. The summed E-state index contributed by atoms with van der Waals surface area (Å²) in [5.74, 6) is 7.73. The molecule has 3 aromatic carbocycles. The molecule has 5 heteroatoms. The Kier molecular flexibility index (Phi) is 11.5. The number of nitrogens with zero attached hydrogens (tertiary/aromatic N) is 1. The Balaban J connectivity index is 0.000000592. The predicted molar refractivity (Wildman–Crippen MR) is 165 cm³/mol. The van der Waals surface area contributed by atoms with Crippen molar-refractivity contribution in [2.45, 2.75) is 64.7 Å². The molecule has 0 saturated carbocycles. The second-order valence-corrected chi connectivity index (χ2v) is 22.1. The Labute approximate surface area is 250 Å². The van der Waals surface area contributed by atoms with E-state index in [1.54, 1.807) is 4.40 Å². The third-order valence-corrected chi connectivity index (χ3v) is 10.9. The number of allylic oxidation sites excluding steroid dienone is 2. The van der Waals surface area contributed by atoms with Crippen molar-refractivity contribution >= 4 is 34.2 Å². The van der Waals surface area contributed by atoms with Gasteiger partial charge in [-0.3, -0.25) is 4.79 Å². The number of benzene rings is 3. The molecule has 4 aromatic rings. The minimum atomic E-state index is -1.84. The van der Waals surface area contributed by atoms with Gasteiger partial charge in [0.15, 0.2) is 5.78 Å². The van der Waals surface area contributed by atoms with Crippen LogP contribution in [0, 0.1) is 19.9 Å². The van der Waals surface area contributed by atoms with Crippen LogP contribution in [0.25, 0.3) is 33.2 Å². The number of hydrogen-bond donors (Lipinski definition) is 1. The number of aromatic nitrogens is 1. The molecule has 0 saturated heterocycles. The van der Waals surface area contributed by atoms with Gasteiger partial charge in [-0.25, -0.2) is 0 Å². The molecule has 4 rings (SSSR count). The Hall–Kier alpha value is -2.53. The fourth-order valence-corrected chi connectivity index (χ4v) is 7.15. The summed E-state index contributed by atoms with van der Waals surface area (Å²) in [4.78, 5) is 14.8. The predicted octanol–water partition coefficient (Wildman–Crippen LogP) is 8.69. The number of aliphatic hydroxyl groups is 1. The Morgan fingerprint density at radius 1 is 0.949 bits per heavy atom. The number of hydrogen-bond acceptors (Lipinski definition) is 3. The number of pyridine rings is 1. The van der Waals surface area contributed by atoms with Crippen LogP contribution < -0.4 is 4.40 Å². The molecule has 0 unspecified atom stereocenters. The van der Waals surface area contributed by atoms with Gasteiger partial charge in [-0.1, -0.05) is 6.07 Å². The van der Waals surface area contributed by atoms with Crippen LogP contribution in [0.15, 0.2) is 72.6 Å². The zero-order chi connectivity index (χ0) is 28.2. The van der Waals surface area contributed by atoms with E-state index >= 15 is 0 Å². The van der Waals surface area contributed by atoms with Crippen molar-refractivity contribution in [1.82, 2.24) is 4.98 Å². The van der Waals surface area contributed by atoms with E-state index in [0.29, 0.717) is 5.92 Å². The summed E-state index contributed by atoms with van der Waals surface area (Å²) in [5.41, 5.74) is 8.55.